The van der Waals surface area contributed by atoms with Gasteiger partial charge in [-0.05, 0) is 36.4 Å². The third kappa shape index (κ3) is 4.04. The number of rotatable bonds is 5. The van der Waals surface area contributed by atoms with Crippen LogP contribution in [0.1, 0.15) is 24.4 Å². The Morgan fingerprint density at radius 1 is 1.13 bits per heavy atom. The largest absolute Gasteiger partial charge is 0.459 e. The summed E-state index contributed by atoms with van der Waals surface area (Å²) in [4.78, 5) is 36.1. The second kappa shape index (κ2) is 8.00. The van der Waals surface area contributed by atoms with E-state index >= 15 is 0 Å². The monoisotopic (exact) mass is 423 g/mol. The summed E-state index contributed by atoms with van der Waals surface area (Å²) < 4.78 is 5.10. The first-order valence-corrected chi connectivity index (χ1v) is 9.60. The Hall–Kier alpha value is -3.65. The average molecular weight is 424 g/mol. The van der Waals surface area contributed by atoms with Crippen molar-refractivity contribution in [3.63, 3.8) is 0 Å². The van der Waals surface area contributed by atoms with Crippen LogP contribution in [0.2, 0.25) is 5.02 Å². The lowest BCUT2D eigenvalue weighted by Crippen LogP contribution is -2.17. The minimum atomic E-state index is -0.370. The number of hydrogen-bond donors (Lipinski definition) is 3. The molecule has 2 amide bonds. The molecule has 0 aliphatic carbocycles. The van der Waals surface area contributed by atoms with Gasteiger partial charge in [-0.1, -0.05) is 25.4 Å². The zero-order valence-corrected chi connectivity index (χ0v) is 16.9. The van der Waals surface area contributed by atoms with Gasteiger partial charge in [0.1, 0.15) is 5.82 Å². The molecule has 1 aromatic carbocycles. The molecule has 0 spiro atoms. The standard InChI is InChI=1S/C21H18ClN5O3/c1-11(2)20(28)25-13-9-16-19(23-10-13)27-18(26-16)14-8-12(5-6-15(14)22)24-21(29)17-4-3-7-30-17/h3-11H,1-2H3,(H,24,29)(H,25,28)(H,23,26,27). The topological polar surface area (TPSA) is 113 Å². The summed E-state index contributed by atoms with van der Waals surface area (Å²) in [7, 11) is 0. The predicted octanol–water partition coefficient (Wildman–Crippen LogP) is 4.72. The van der Waals surface area contributed by atoms with Gasteiger partial charge >= 0.3 is 0 Å². The van der Waals surface area contributed by atoms with Gasteiger partial charge in [-0.15, -0.1) is 0 Å². The van der Waals surface area contributed by atoms with E-state index in [2.05, 4.69) is 25.6 Å². The number of amides is 2. The Bertz CT molecular complexity index is 1230. The Balaban J connectivity index is 1.62. The van der Waals surface area contributed by atoms with E-state index in [0.29, 0.717) is 38.9 Å². The number of nitrogens with one attached hydrogen (secondary N) is 3. The van der Waals surface area contributed by atoms with Crippen LogP contribution in [0, 0.1) is 5.92 Å². The molecule has 4 rings (SSSR count). The zero-order valence-electron chi connectivity index (χ0n) is 16.2. The summed E-state index contributed by atoms with van der Waals surface area (Å²) in [5, 5.41) is 6.02. The molecule has 3 aromatic heterocycles. The fourth-order valence-corrected chi connectivity index (χ4v) is 2.97. The van der Waals surface area contributed by atoms with Gasteiger partial charge in [0.15, 0.2) is 11.4 Å². The third-order valence-corrected chi connectivity index (χ3v) is 4.68. The van der Waals surface area contributed by atoms with Gasteiger partial charge in [0.2, 0.25) is 5.91 Å². The van der Waals surface area contributed by atoms with Gasteiger partial charge in [-0.2, -0.15) is 0 Å². The van der Waals surface area contributed by atoms with Gasteiger partial charge in [-0.25, -0.2) is 9.97 Å². The second-order valence-corrected chi connectivity index (χ2v) is 7.36. The van der Waals surface area contributed by atoms with Gasteiger partial charge in [0.05, 0.1) is 28.7 Å². The highest BCUT2D eigenvalue weighted by Gasteiger charge is 2.15. The lowest BCUT2D eigenvalue weighted by molar-refractivity contribution is -0.118. The first-order valence-electron chi connectivity index (χ1n) is 9.22. The van der Waals surface area contributed by atoms with E-state index in [9.17, 15) is 9.59 Å². The van der Waals surface area contributed by atoms with Crippen LogP contribution < -0.4 is 10.6 Å². The SMILES string of the molecule is CC(C)C(=O)Nc1cnc2nc(-c3cc(NC(=O)c4ccco4)ccc3Cl)[nH]c2c1. The maximum atomic E-state index is 12.2. The first-order chi connectivity index (χ1) is 14.4. The molecular weight excluding hydrogens is 406 g/mol. The molecule has 0 fully saturated rings. The maximum absolute atomic E-state index is 12.2. The van der Waals surface area contributed by atoms with Crippen molar-refractivity contribution >= 4 is 46.0 Å². The highest BCUT2D eigenvalue weighted by atomic mass is 35.5. The number of carbonyl (C=O) groups is 2. The van der Waals surface area contributed by atoms with Gasteiger partial charge in [0, 0.05) is 17.2 Å². The molecule has 9 heteroatoms. The number of fused-ring (bicyclic) bond motifs is 1. The quantitative estimate of drug-likeness (QED) is 0.430. The van der Waals surface area contributed by atoms with Crippen LogP contribution >= 0.6 is 11.6 Å². The van der Waals surface area contributed by atoms with E-state index < -0.39 is 0 Å². The summed E-state index contributed by atoms with van der Waals surface area (Å²) >= 11 is 6.36. The fraction of sp³-hybridized carbons (Fsp3) is 0.143. The van der Waals surface area contributed by atoms with E-state index in [1.165, 1.54) is 6.26 Å². The van der Waals surface area contributed by atoms with E-state index in [-0.39, 0.29) is 23.5 Å². The number of pyridine rings is 1. The molecule has 8 nitrogen and oxygen atoms in total. The maximum Gasteiger partial charge on any atom is 0.291 e. The highest BCUT2D eigenvalue weighted by molar-refractivity contribution is 6.33. The number of halogens is 1. The van der Waals surface area contributed by atoms with Gasteiger partial charge in [0.25, 0.3) is 5.91 Å². The zero-order chi connectivity index (χ0) is 21.3. The molecule has 0 aliphatic heterocycles. The number of nitrogens with zero attached hydrogens (tertiary/aromatic N) is 2. The number of carbonyl (C=O) groups excluding carboxylic acids is 2. The molecule has 0 atom stereocenters. The van der Waals surface area contributed by atoms with Gasteiger partial charge < -0.3 is 20.0 Å². The molecule has 152 valence electrons. The second-order valence-electron chi connectivity index (χ2n) is 6.95. The number of furan rings is 1. The summed E-state index contributed by atoms with van der Waals surface area (Å²) in [5.74, 6) is 0.0827. The summed E-state index contributed by atoms with van der Waals surface area (Å²) in [5.41, 5.74) is 2.83. The van der Waals surface area contributed by atoms with Crippen LogP contribution in [-0.2, 0) is 4.79 Å². The van der Waals surface area contributed by atoms with Crippen LogP contribution in [0.25, 0.3) is 22.6 Å². The molecule has 0 bridgehead atoms. The minimum Gasteiger partial charge on any atom is -0.459 e. The van der Waals surface area contributed by atoms with Crippen molar-refractivity contribution in [3.8, 4) is 11.4 Å². The smallest absolute Gasteiger partial charge is 0.291 e. The number of benzene rings is 1. The molecule has 0 saturated carbocycles. The molecule has 0 radical (unpaired) electrons. The van der Waals surface area contributed by atoms with E-state index in [4.69, 9.17) is 16.0 Å². The van der Waals surface area contributed by atoms with Crippen molar-refractivity contribution in [3.05, 3.63) is 59.6 Å². The highest BCUT2D eigenvalue weighted by Crippen LogP contribution is 2.30. The lowest BCUT2D eigenvalue weighted by atomic mass is 10.2. The summed E-state index contributed by atoms with van der Waals surface area (Å²) in [6.07, 6.45) is 2.98. The van der Waals surface area contributed by atoms with Crippen LogP contribution in [0.15, 0.2) is 53.3 Å². The molecule has 3 heterocycles. The van der Waals surface area contributed by atoms with Crippen molar-refractivity contribution in [2.75, 3.05) is 10.6 Å². The molecule has 3 N–H and O–H groups in total. The average Bonchev–Trinajstić information content (AvgIpc) is 3.38. The van der Waals surface area contributed by atoms with Crippen molar-refractivity contribution in [2.45, 2.75) is 13.8 Å². The first kappa shape index (κ1) is 19.7. The van der Waals surface area contributed by atoms with Crippen molar-refractivity contribution < 1.29 is 14.0 Å². The number of imidazole rings is 1. The molecule has 0 aliphatic rings. The number of anilines is 2. The molecule has 0 saturated heterocycles. The number of hydrogen-bond acceptors (Lipinski definition) is 5. The Morgan fingerprint density at radius 2 is 1.97 bits per heavy atom. The van der Waals surface area contributed by atoms with Crippen LogP contribution in [0.4, 0.5) is 11.4 Å². The molecule has 4 aromatic rings. The normalized spacial score (nSPS) is 11.1. The van der Waals surface area contributed by atoms with E-state index in [0.717, 1.165) is 0 Å². The number of aromatic nitrogens is 3. The third-order valence-electron chi connectivity index (χ3n) is 4.35. The Morgan fingerprint density at radius 3 is 2.70 bits per heavy atom. The van der Waals surface area contributed by atoms with E-state index in [1.54, 1.807) is 42.6 Å². The van der Waals surface area contributed by atoms with Crippen molar-refractivity contribution in [1.29, 1.82) is 0 Å². The molecular formula is C21H18ClN5O3. The number of aromatic amines is 1. The fourth-order valence-electron chi connectivity index (χ4n) is 2.77. The van der Waals surface area contributed by atoms with E-state index in [1.807, 2.05) is 13.8 Å². The number of H-pyrrole nitrogens is 1. The Labute approximate surface area is 176 Å². The van der Waals surface area contributed by atoms with Gasteiger partial charge in [-0.3, -0.25) is 9.59 Å². The van der Waals surface area contributed by atoms with Crippen molar-refractivity contribution in [1.82, 2.24) is 15.0 Å². The molecule has 0 unspecified atom stereocenters. The Kier molecular flexibility index (Phi) is 5.24. The minimum absolute atomic E-state index is 0.0982. The van der Waals surface area contributed by atoms with Crippen LogP contribution in [-0.4, -0.2) is 26.8 Å². The summed E-state index contributed by atoms with van der Waals surface area (Å²) in [6, 6.07) is 10.0. The predicted molar refractivity (Wildman–Crippen MR) is 114 cm³/mol. The molecule has 30 heavy (non-hydrogen) atoms. The summed E-state index contributed by atoms with van der Waals surface area (Å²) in [6.45, 7) is 3.63. The lowest BCUT2D eigenvalue weighted by Gasteiger charge is -2.07. The van der Waals surface area contributed by atoms with Crippen LogP contribution in [0.3, 0.4) is 0 Å². The van der Waals surface area contributed by atoms with Crippen LogP contribution in [0.5, 0.6) is 0 Å². The van der Waals surface area contributed by atoms with Crippen molar-refractivity contribution in [2.24, 2.45) is 5.92 Å².